The van der Waals surface area contributed by atoms with E-state index in [1.807, 2.05) is 0 Å². The fourth-order valence-electron chi connectivity index (χ4n) is 2.45. The van der Waals surface area contributed by atoms with E-state index in [0.717, 1.165) is 11.8 Å². The van der Waals surface area contributed by atoms with Crippen LogP contribution in [-0.4, -0.2) is 46.9 Å². The van der Waals surface area contributed by atoms with Gasteiger partial charge in [-0.25, -0.2) is 4.98 Å². The molecule has 0 unspecified atom stereocenters. The number of nitrogens with one attached hydrogen (secondary N) is 3. The van der Waals surface area contributed by atoms with Crippen LogP contribution < -0.4 is 31.4 Å². The third-order valence-electron chi connectivity index (χ3n) is 3.90. The lowest BCUT2D eigenvalue weighted by Crippen LogP contribution is -2.23. The minimum atomic E-state index is -0.683. The molecule has 0 aliphatic rings. The second-order valence-corrected chi connectivity index (χ2v) is 7.34. The van der Waals surface area contributed by atoms with Crippen LogP contribution in [0.1, 0.15) is 10.4 Å². The largest absolute Gasteiger partial charge is 0.493 e. The Morgan fingerprint density at radius 1 is 1.22 bits per heavy atom. The fourth-order valence-corrected chi connectivity index (χ4v) is 3.25. The number of aromatic amines is 1. The summed E-state index contributed by atoms with van der Waals surface area (Å²) in [5.41, 5.74) is 5.15. The normalized spacial score (nSPS) is 10.5. The summed E-state index contributed by atoms with van der Waals surface area (Å²) < 4.78 is 14.9. The van der Waals surface area contributed by atoms with Gasteiger partial charge in [-0.2, -0.15) is 0 Å². The van der Waals surface area contributed by atoms with Crippen molar-refractivity contribution in [2.24, 2.45) is 0 Å². The van der Waals surface area contributed by atoms with E-state index in [9.17, 15) is 14.4 Å². The van der Waals surface area contributed by atoms with E-state index in [2.05, 4.69) is 30.3 Å². The number of hydrogen-bond acceptors (Lipinski definition) is 10. The van der Waals surface area contributed by atoms with Crippen molar-refractivity contribution in [3.8, 4) is 11.5 Å². The highest BCUT2D eigenvalue weighted by Gasteiger charge is 2.17. The van der Waals surface area contributed by atoms with Crippen LogP contribution in [0.25, 0.3) is 0 Å². The van der Waals surface area contributed by atoms with Gasteiger partial charge in [0.2, 0.25) is 11.1 Å². The Morgan fingerprint density at radius 2 is 1.97 bits per heavy atom. The standard InChI is InChI=1S/C18H17ClN6O6S/c1-29-9-4-3-8(5-10(9)30-2)16(27)22-14-15(20)23-18(24-17(14)28)32-7-13(26)21-12-6-11(19)31-25-12/h3-6H,7H2,1-2H3,(H,22,27)(H,21,25,26)(H3,20,23,24,28). The maximum atomic E-state index is 12.5. The first-order chi connectivity index (χ1) is 15.3. The molecule has 2 heterocycles. The Hall–Kier alpha value is -3.71. The number of ether oxygens (including phenoxy) is 2. The molecule has 14 heteroatoms. The molecular formula is C18H17ClN6O6S. The number of methoxy groups -OCH3 is 2. The molecule has 0 saturated heterocycles. The number of nitrogen functional groups attached to an aromatic ring is 1. The van der Waals surface area contributed by atoms with Gasteiger partial charge in [0.15, 0.2) is 28.3 Å². The number of aromatic nitrogens is 3. The molecule has 0 aliphatic heterocycles. The zero-order valence-electron chi connectivity index (χ0n) is 16.7. The van der Waals surface area contributed by atoms with E-state index in [1.54, 1.807) is 6.07 Å². The molecule has 32 heavy (non-hydrogen) atoms. The number of halogens is 1. The summed E-state index contributed by atoms with van der Waals surface area (Å²) in [4.78, 5) is 43.4. The van der Waals surface area contributed by atoms with Crippen LogP contribution in [0, 0.1) is 0 Å². The van der Waals surface area contributed by atoms with E-state index >= 15 is 0 Å². The molecule has 1 aromatic carbocycles. The maximum Gasteiger partial charge on any atom is 0.277 e. The highest BCUT2D eigenvalue weighted by molar-refractivity contribution is 7.99. The van der Waals surface area contributed by atoms with Gasteiger partial charge in [-0.15, -0.1) is 0 Å². The topological polar surface area (TPSA) is 174 Å². The molecule has 0 spiro atoms. The predicted molar refractivity (Wildman–Crippen MR) is 118 cm³/mol. The van der Waals surface area contributed by atoms with Crippen molar-refractivity contribution in [1.82, 2.24) is 15.1 Å². The molecule has 0 fully saturated rings. The van der Waals surface area contributed by atoms with Gasteiger partial charge in [0, 0.05) is 11.6 Å². The zero-order chi connectivity index (χ0) is 23.3. The molecule has 3 aromatic rings. The van der Waals surface area contributed by atoms with Gasteiger partial charge in [0.25, 0.3) is 11.5 Å². The van der Waals surface area contributed by atoms with Gasteiger partial charge >= 0.3 is 0 Å². The highest BCUT2D eigenvalue weighted by atomic mass is 35.5. The van der Waals surface area contributed by atoms with Crippen molar-refractivity contribution in [3.05, 3.63) is 45.4 Å². The molecular weight excluding hydrogens is 464 g/mol. The smallest absolute Gasteiger partial charge is 0.277 e. The van der Waals surface area contributed by atoms with Gasteiger partial charge in [-0.3, -0.25) is 19.4 Å². The number of rotatable bonds is 8. The molecule has 2 aromatic heterocycles. The van der Waals surface area contributed by atoms with Crippen molar-refractivity contribution in [3.63, 3.8) is 0 Å². The number of carbonyl (C=O) groups is 2. The van der Waals surface area contributed by atoms with Crippen molar-refractivity contribution >= 4 is 52.5 Å². The van der Waals surface area contributed by atoms with E-state index < -0.39 is 17.4 Å². The Labute approximate surface area is 189 Å². The Bertz CT molecular complexity index is 1210. The van der Waals surface area contributed by atoms with Crippen LogP contribution in [0.4, 0.5) is 17.3 Å². The summed E-state index contributed by atoms with van der Waals surface area (Å²) in [5.74, 6) is -0.422. The number of benzene rings is 1. The van der Waals surface area contributed by atoms with Crippen molar-refractivity contribution in [2.45, 2.75) is 5.16 Å². The number of anilines is 3. The van der Waals surface area contributed by atoms with Crippen LogP contribution in [0.2, 0.25) is 5.22 Å². The molecule has 2 amide bonds. The van der Waals surface area contributed by atoms with E-state index in [4.69, 9.17) is 26.8 Å². The molecule has 5 N–H and O–H groups in total. The monoisotopic (exact) mass is 480 g/mol. The number of amides is 2. The number of hydrogen-bond donors (Lipinski definition) is 4. The summed E-state index contributed by atoms with van der Waals surface area (Å²) >= 11 is 6.50. The average Bonchev–Trinajstić information content (AvgIpc) is 3.18. The zero-order valence-corrected chi connectivity index (χ0v) is 18.3. The molecule has 0 bridgehead atoms. The molecule has 0 saturated carbocycles. The Morgan fingerprint density at radius 3 is 2.59 bits per heavy atom. The number of H-pyrrole nitrogens is 1. The van der Waals surface area contributed by atoms with Gasteiger partial charge in [-0.1, -0.05) is 16.9 Å². The summed E-state index contributed by atoms with van der Waals surface area (Å²) in [6, 6.07) is 5.84. The lowest BCUT2D eigenvalue weighted by atomic mass is 10.2. The van der Waals surface area contributed by atoms with Crippen LogP contribution in [-0.2, 0) is 4.79 Å². The maximum absolute atomic E-state index is 12.5. The minimum Gasteiger partial charge on any atom is -0.493 e. The molecule has 0 aliphatic carbocycles. The first kappa shape index (κ1) is 23.0. The third kappa shape index (κ3) is 5.50. The van der Waals surface area contributed by atoms with Gasteiger partial charge < -0.3 is 30.4 Å². The number of nitrogens with zero attached hydrogens (tertiary/aromatic N) is 2. The molecule has 0 atom stereocenters. The quantitative estimate of drug-likeness (QED) is 0.275. The summed E-state index contributed by atoms with van der Waals surface area (Å²) in [5, 5.41) is 8.52. The first-order valence-corrected chi connectivity index (χ1v) is 10.1. The average molecular weight is 481 g/mol. The molecule has 0 radical (unpaired) electrons. The summed E-state index contributed by atoms with van der Waals surface area (Å²) in [6.07, 6.45) is 0. The summed E-state index contributed by atoms with van der Waals surface area (Å²) in [6.45, 7) is 0. The van der Waals surface area contributed by atoms with E-state index in [-0.39, 0.29) is 39.0 Å². The van der Waals surface area contributed by atoms with Crippen LogP contribution >= 0.6 is 23.4 Å². The second kappa shape index (κ2) is 10.1. The first-order valence-electron chi connectivity index (χ1n) is 8.78. The third-order valence-corrected chi connectivity index (χ3v) is 4.95. The SMILES string of the molecule is COc1ccc(C(=O)Nc2c(N)nc(SCC(=O)Nc3cc(Cl)on3)[nH]c2=O)cc1OC. The Kier molecular flexibility index (Phi) is 7.22. The predicted octanol–water partition coefficient (Wildman–Crippen LogP) is 1.99. The minimum absolute atomic E-state index is 0.0254. The molecule has 12 nitrogen and oxygen atoms in total. The number of nitrogens with two attached hydrogens (primary N) is 1. The number of thioether (sulfide) groups is 1. The van der Waals surface area contributed by atoms with E-state index in [0.29, 0.717) is 11.5 Å². The van der Waals surface area contributed by atoms with Gasteiger partial charge in [-0.05, 0) is 29.8 Å². The molecule has 168 valence electrons. The van der Waals surface area contributed by atoms with Crippen LogP contribution in [0.3, 0.4) is 0 Å². The summed E-state index contributed by atoms with van der Waals surface area (Å²) in [7, 11) is 2.90. The van der Waals surface area contributed by atoms with Crippen molar-refractivity contribution in [1.29, 1.82) is 0 Å². The highest BCUT2D eigenvalue weighted by Crippen LogP contribution is 2.28. The lowest BCUT2D eigenvalue weighted by molar-refractivity contribution is -0.113. The van der Waals surface area contributed by atoms with Crippen LogP contribution in [0.5, 0.6) is 11.5 Å². The lowest BCUT2D eigenvalue weighted by Gasteiger charge is -2.11. The number of carbonyl (C=O) groups excluding carboxylic acids is 2. The molecule has 3 rings (SSSR count). The van der Waals surface area contributed by atoms with Gasteiger partial charge in [0.1, 0.15) is 5.69 Å². The Balaban J connectivity index is 1.67. The fraction of sp³-hybridized carbons (Fsp3) is 0.167. The van der Waals surface area contributed by atoms with Gasteiger partial charge in [0.05, 0.1) is 20.0 Å². The second-order valence-electron chi connectivity index (χ2n) is 6.01. The van der Waals surface area contributed by atoms with Crippen molar-refractivity contribution < 1.29 is 23.6 Å². The van der Waals surface area contributed by atoms with E-state index in [1.165, 1.54) is 32.4 Å². The van der Waals surface area contributed by atoms with Crippen molar-refractivity contribution in [2.75, 3.05) is 36.3 Å². The van der Waals surface area contributed by atoms with Crippen LogP contribution in [0.15, 0.2) is 38.7 Å².